The standard InChI is InChI=1S/C16H26FN3/c1-12(18)15-13(17)6-5-7-14(15)19-8-10-20(11-9-19)16(2,3)4/h5-7,12H,8-11,18H2,1-4H3/t12-/m0/s1. The van der Waals surface area contributed by atoms with E-state index in [1.54, 1.807) is 6.07 Å². The van der Waals surface area contributed by atoms with E-state index < -0.39 is 0 Å². The molecule has 1 atom stereocenters. The van der Waals surface area contributed by atoms with Gasteiger partial charge in [0.25, 0.3) is 0 Å². The van der Waals surface area contributed by atoms with E-state index in [4.69, 9.17) is 5.73 Å². The lowest BCUT2D eigenvalue weighted by atomic mass is 10.0. The predicted octanol–water partition coefficient (Wildman–Crippen LogP) is 2.77. The molecule has 0 radical (unpaired) electrons. The molecule has 1 aliphatic rings. The molecule has 1 saturated heterocycles. The van der Waals surface area contributed by atoms with Crippen molar-refractivity contribution in [3.8, 4) is 0 Å². The summed E-state index contributed by atoms with van der Waals surface area (Å²) in [6.45, 7) is 12.4. The maximum atomic E-state index is 14.0. The Morgan fingerprint density at radius 2 is 1.75 bits per heavy atom. The predicted molar refractivity (Wildman–Crippen MR) is 82.5 cm³/mol. The van der Waals surface area contributed by atoms with Crippen LogP contribution < -0.4 is 10.6 Å². The van der Waals surface area contributed by atoms with E-state index >= 15 is 0 Å². The van der Waals surface area contributed by atoms with Gasteiger partial charge in [0.2, 0.25) is 0 Å². The summed E-state index contributed by atoms with van der Waals surface area (Å²) in [6, 6.07) is 4.96. The molecule has 0 aromatic heterocycles. The molecule has 0 aliphatic carbocycles. The number of nitrogens with two attached hydrogens (primary N) is 1. The van der Waals surface area contributed by atoms with Gasteiger partial charge in [0, 0.05) is 49.0 Å². The maximum absolute atomic E-state index is 14.0. The normalized spacial score (nSPS) is 19.2. The van der Waals surface area contributed by atoms with E-state index in [9.17, 15) is 4.39 Å². The largest absolute Gasteiger partial charge is 0.369 e. The van der Waals surface area contributed by atoms with Gasteiger partial charge in [0.05, 0.1) is 0 Å². The third-order valence-electron chi connectivity index (χ3n) is 4.05. The molecule has 20 heavy (non-hydrogen) atoms. The van der Waals surface area contributed by atoms with Crippen LogP contribution in [0.25, 0.3) is 0 Å². The van der Waals surface area contributed by atoms with Crippen LogP contribution >= 0.6 is 0 Å². The highest BCUT2D eigenvalue weighted by atomic mass is 19.1. The molecule has 0 bridgehead atoms. The summed E-state index contributed by atoms with van der Waals surface area (Å²) < 4.78 is 14.0. The summed E-state index contributed by atoms with van der Waals surface area (Å²) in [7, 11) is 0. The minimum atomic E-state index is -0.285. The molecule has 1 aliphatic heterocycles. The maximum Gasteiger partial charge on any atom is 0.130 e. The zero-order chi connectivity index (χ0) is 14.9. The van der Waals surface area contributed by atoms with E-state index in [-0.39, 0.29) is 17.4 Å². The minimum Gasteiger partial charge on any atom is -0.369 e. The Kier molecular flexibility index (Phi) is 4.35. The molecule has 4 heteroatoms. The molecule has 0 saturated carbocycles. The van der Waals surface area contributed by atoms with Gasteiger partial charge in [-0.15, -0.1) is 0 Å². The highest BCUT2D eigenvalue weighted by Gasteiger charge is 2.27. The van der Waals surface area contributed by atoms with Crippen LogP contribution in [-0.4, -0.2) is 36.6 Å². The van der Waals surface area contributed by atoms with Crippen molar-refractivity contribution in [3.05, 3.63) is 29.6 Å². The van der Waals surface area contributed by atoms with Gasteiger partial charge in [-0.05, 0) is 39.8 Å². The molecular weight excluding hydrogens is 253 g/mol. The SMILES string of the molecule is C[C@H](N)c1c(F)cccc1N1CCN(C(C)(C)C)CC1. The van der Waals surface area contributed by atoms with Crippen LogP contribution in [0.5, 0.6) is 0 Å². The van der Waals surface area contributed by atoms with Crippen LogP contribution in [0.3, 0.4) is 0 Å². The van der Waals surface area contributed by atoms with Gasteiger partial charge in [-0.1, -0.05) is 6.07 Å². The molecule has 2 rings (SSSR count). The second-order valence-corrected chi connectivity index (χ2v) is 6.61. The minimum absolute atomic E-state index is 0.192. The molecule has 0 spiro atoms. The Labute approximate surface area is 121 Å². The van der Waals surface area contributed by atoms with Crippen LogP contribution in [0.15, 0.2) is 18.2 Å². The topological polar surface area (TPSA) is 32.5 Å². The number of anilines is 1. The molecule has 1 aromatic carbocycles. The van der Waals surface area contributed by atoms with Crippen molar-refractivity contribution < 1.29 is 4.39 Å². The Hall–Kier alpha value is -1.13. The fourth-order valence-corrected chi connectivity index (χ4v) is 2.87. The van der Waals surface area contributed by atoms with Gasteiger partial charge in [-0.3, -0.25) is 4.90 Å². The Morgan fingerprint density at radius 3 is 2.25 bits per heavy atom. The van der Waals surface area contributed by atoms with Crippen molar-refractivity contribution in [1.82, 2.24) is 4.90 Å². The van der Waals surface area contributed by atoms with Crippen LogP contribution in [0.4, 0.5) is 10.1 Å². The molecule has 112 valence electrons. The summed E-state index contributed by atoms with van der Waals surface area (Å²) >= 11 is 0. The fraction of sp³-hybridized carbons (Fsp3) is 0.625. The number of benzene rings is 1. The van der Waals surface area contributed by atoms with Crippen molar-refractivity contribution in [3.63, 3.8) is 0 Å². The van der Waals surface area contributed by atoms with Crippen LogP contribution in [0.1, 0.15) is 39.3 Å². The molecule has 1 aromatic rings. The lowest BCUT2D eigenvalue weighted by molar-refractivity contribution is 0.128. The molecule has 0 amide bonds. The number of piperazine rings is 1. The average molecular weight is 279 g/mol. The third-order valence-corrected chi connectivity index (χ3v) is 4.05. The highest BCUT2D eigenvalue weighted by molar-refractivity contribution is 5.55. The Balaban J connectivity index is 2.17. The van der Waals surface area contributed by atoms with Crippen molar-refractivity contribution in [1.29, 1.82) is 0 Å². The van der Waals surface area contributed by atoms with Crippen LogP contribution in [0.2, 0.25) is 0 Å². The molecule has 1 heterocycles. The van der Waals surface area contributed by atoms with Gasteiger partial charge < -0.3 is 10.6 Å². The van der Waals surface area contributed by atoms with E-state index in [2.05, 4.69) is 30.6 Å². The first kappa shape index (κ1) is 15.3. The summed E-state index contributed by atoms with van der Waals surface area (Å²) in [5.74, 6) is -0.198. The molecule has 2 N–H and O–H groups in total. The van der Waals surface area contributed by atoms with Crippen LogP contribution in [0, 0.1) is 5.82 Å². The second kappa shape index (κ2) is 5.70. The summed E-state index contributed by atoms with van der Waals surface area (Å²) in [6.07, 6.45) is 0. The lowest BCUT2D eigenvalue weighted by Gasteiger charge is -2.43. The number of nitrogens with zero attached hydrogens (tertiary/aromatic N) is 2. The fourth-order valence-electron chi connectivity index (χ4n) is 2.87. The first-order chi connectivity index (χ1) is 9.30. The third kappa shape index (κ3) is 3.13. The first-order valence-corrected chi connectivity index (χ1v) is 7.34. The van der Waals surface area contributed by atoms with Gasteiger partial charge in [0.15, 0.2) is 0 Å². The lowest BCUT2D eigenvalue weighted by Crippen LogP contribution is -2.53. The molecule has 1 fully saturated rings. The monoisotopic (exact) mass is 279 g/mol. The quantitative estimate of drug-likeness (QED) is 0.903. The van der Waals surface area contributed by atoms with E-state index in [1.165, 1.54) is 6.07 Å². The van der Waals surface area contributed by atoms with Gasteiger partial charge in [-0.2, -0.15) is 0 Å². The average Bonchev–Trinajstić information content (AvgIpc) is 2.37. The van der Waals surface area contributed by atoms with Crippen molar-refractivity contribution in [2.75, 3.05) is 31.1 Å². The van der Waals surface area contributed by atoms with Gasteiger partial charge in [-0.25, -0.2) is 4.39 Å². The Morgan fingerprint density at radius 1 is 1.15 bits per heavy atom. The number of halogens is 1. The first-order valence-electron chi connectivity index (χ1n) is 7.34. The smallest absolute Gasteiger partial charge is 0.130 e. The summed E-state index contributed by atoms with van der Waals surface area (Å²) in [5, 5.41) is 0. The van der Waals surface area contributed by atoms with Crippen molar-refractivity contribution >= 4 is 5.69 Å². The zero-order valence-corrected chi connectivity index (χ0v) is 13.0. The van der Waals surface area contributed by atoms with Gasteiger partial charge in [0.1, 0.15) is 5.82 Å². The number of rotatable bonds is 2. The number of hydrogen-bond donors (Lipinski definition) is 1. The summed E-state index contributed by atoms with van der Waals surface area (Å²) in [4.78, 5) is 4.72. The highest BCUT2D eigenvalue weighted by Crippen LogP contribution is 2.29. The van der Waals surface area contributed by atoms with Gasteiger partial charge >= 0.3 is 0 Å². The molecular formula is C16H26FN3. The van der Waals surface area contributed by atoms with E-state index in [0.29, 0.717) is 5.56 Å². The molecule has 0 unspecified atom stereocenters. The van der Waals surface area contributed by atoms with E-state index in [1.807, 2.05) is 13.0 Å². The second-order valence-electron chi connectivity index (χ2n) is 6.61. The Bertz CT molecular complexity index is 457. The summed E-state index contributed by atoms with van der Waals surface area (Å²) in [5.41, 5.74) is 7.72. The van der Waals surface area contributed by atoms with Crippen LogP contribution in [-0.2, 0) is 0 Å². The molecule has 3 nitrogen and oxygen atoms in total. The van der Waals surface area contributed by atoms with Crippen molar-refractivity contribution in [2.45, 2.75) is 39.3 Å². The van der Waals surface area contributed by atoms with Crippen molar-refractivity contribution in [2.24, 2.45) is 5.73 Å². The zero-order valence-electron chi connectivity index (χ0n) is 13.0. The number of hydrogen-bond acceptors (Lipinski definition) is 3. The van der Waals surface area contributed by atoms with E-state index in [0.717, 1.165) is 31.9 Å².